The maximum atomic E-state index is 5.37. The van der Waals surface area contributed by atoms with E-state index in [2.05, 4.69) is 55.8 Å². The standard InChI is InChI=1S/C21H25N3O/c1-24(2)13-7-12-22-21-15-19(16-8-5-4-6-9-16)18-11-10-17(25-3)14-20(18)23-21/h4-6,8-11,14-15H,7,12-13H2,1-3H3,(H,22,23)/p+1. The number of ether oxygens (including phenoxy) is 1. The Morgan fingerprint density at radius 2 is 1.84 bits per heavy atom. The summed E-state index contributed by atoms with van der Waals surface area (Å²) in [5, 5.41) is 4.61. The number of quaternary nitrogens is 1. The molecule has 0 radical (unpaired) electrons. The molecule has 0 atom stereocenters. The second-order valence-electron chi connectivity index (χ2n) is 6.54. The molecule has 3 rings (SSSR count). The van der Waals surface area contributed by atoms with Crippen LogP contribution in [0.3, 0.4) is 0 Å². The molecule has 4 heteroatoms. The van der Waals surface area contributed by atoms with Gasteiger partial charge in [-0.2, -0.15) is 0 Å². The summed E-state index contributed by atoms with van der Waals surface area (Å²) in [5.41, 5.74) is 3.33. The quantitative estimate of drug-likeness (QED) is 0.652. The van der Waals surface area contributed by atoms with Crippen molar-refractivity contribution in [1.82, 2.24) is 4.98 Å². The minimum atomic E-state index is 0.826. The molecule has 25 heavy (non-hydrogen) atoms. The molecule has 0 spiro atoms. The van der Waals surface area contributed by atoms with Crippen molar-refractivity contribution in [1.29, 1.82) is 0 Å². The van der Waals surface area contributed by atoms with Crippen LogP contribution in [0.1, 0.15) is 6.42 Å². The number of methoxy groups -OCH3 is 1. The van der Waals surface area contributed by atoms with Gasteiger partial charge in [0.05, 0.1) is 33.3 Å². The van der Waals surface area contributed by atoms with E-state index in [1.165, 1.54) is 16.0 Å². The number of fused-ring (bicyclic) bond motifs is 1. The maximum absolute atomic E-state index is 5.37. The first kappa shape index (κ1) is 17.2. The summed E-state index contributed by atoms with van der Waals surface area (Å²) in [6, 6.07) is 18.7. The highest BCUT2D eigenvalue weighted by Gasteiger charge is 2.09. The Morgan fingerprint density at radius 3 is 2.56 bits per heavy atom. The van der Waals surface area contributed by atoms with E-state index < -0.39 is 0 Å². The summed E-state index contributed by atoms with van der Waals surface area (Å²) in [4.78, 5) is 6.25. The topological polar surface area (TPSA) is 38.6 Å². The molecule has 0 fully saturated rings. The van der Waals surface area contributed by atoms with E-state index in [-0.39, 0.29) is 0 Å². The van der Waals surface area contributed by atoms with Gasteiger partial charge in [0.25, 0.3) is 0 Å². The summed E-state index contributed by atoms with van der Waals surface area (Å²) >= 11 is 0. The second kappa shape index (κ2) is 7.99. The molecule has 0 unspecified atom stereocenters. The van der Waals surface area contributed by atoms with Gasteiger partial charge < -0.3 is 15.0 Å². The van der Waals surface area contributed by atoms with Gasteiger partial charge in [-0.15, -0.1) is 0 Å². The molecule has 2 aromatic carbocycles. The largest absolute Gasteiger partial charge is 0.497 e. The molecule has 1 heterocycles. The molecular weight excluding hydrogens is 310 g/mol. The highest BCUT2D eigenvalue weighted by Crippen LogP contribution is 2.32. The predicted molar refractivity (Wildman–Crippen MR) is 105 cm³/mol. The third-order valence-electron chi connectivity index (χ3n) is 4.26. The number of rotatable bonds is 7. The Labute approximate surface area is 149 Å². The van der Waals surface area contributed by atoms with Gasteiger partial charge in [-0.3, -0.25) is 0 Å². The molecular formula is C21H26N3O+. The number of hydrogen-bond acceptors (Lipinski definition) is 3. The summed E-state index contributed by atoms with van der Waals surface area (Å²) in [7, 11) is 6.03. The first-order valence-electron chi connectivity index (χ1n) is 8.74. The normalized spacial score (nSPS) is 11.0. The Bertz CT molecular complexity index is 831. The molecule has 1 aromatic heterocycles. The van der Waals surface area contributed by atoms with Crippen LogP contribution in [0, 0.1) is 0 Å². The lowest BCUT2D eigenvalue weighted by molar-refractivity contribution is -0.858. The van der Waals surface area contributed by atoms with Crippen molar-refractivity contribution in [2.24, 2.45) is 0 Å². The van der Waals surface area contributed by atoms with Gasteiger partial charge in [-0.05, 0) is 29.3 Å². The number of anilines is 1. The fraction of sp³-hybridized carbons (Fsp3) is 0.286. The molecule has 4 nitrogen and oxygen atoms in total. The van der Waals surface area contributed by atoms with Crippen molar-refractivity contribution in [3.63, 3.8) is 0 Å². The van der Waals surface area contributed by atoms with E-state index in [0.29, 0.717) is 0 Å². The summed E-state index contributed by atoms with van der Waals surface area (Å²) in [6.07, 6.45) is 1.11. The van der Waals surface area contributed by atoms with Gasteiger partial charge in [0.1, 0.15) is 11.6 Å². The van der Waals surface area contributed by atoms with Crippen molar-refractivity contribution in [3.8, 4) is 16.9 Å². The van der Waals surface area contributed by atoms with Crippen LogP contribution in [0.4, 0.5) is 5.82 Å². The van der Waals surface area contributed by atoms with Gasteiger partial charge in [-0.1, -0.05) is 30.3 Å². The number of pyridine rings is 1. The van der Waals surface area contributed by atoms with E-state index in [0.717, 1.165) is 42.0 Å². The lowest BCUT2D eigenvalue weighted by atomic mass is 10.0. The van der Waals surface area contributed by atoms with Gasteiger partial charge in [0.2, 0.25) is 0 Å². The van der Waals surface area contributed by atoms with E-state index in [9.17, 15) is 0 Å². The van der Waals surface area contributed by atoms with Crippen molar-refractivity contribution >= 4 is 16.7 Å². The fourth-order valence-corrected chi connectivity index (χ4v) is 2.94. The van der Waals surface area contributed by atoms with Crippen LogP contribution in [0.25, 0.3) is 22.0 Å². The zero-order valence-electron chi connectivity index (χ0n) is 15.2. The van der Waals surface area contributed by atoms with Crippen molar-refractivity contribution < 1.29 is 9.64 Å². The molecule has 0 aliphatic heterocycles. The zero-order valence-corrected chi connectivity index (χ0v) is 15.2. The van der Waals surface area contributed by atoms with Gasteiger partial charge in [0, 0.05) is 24.4 Å². The predicted octanol–water partition coefficient (Wildman–Crippen LogP) is 2.86. The van der Waals surface area contributed by atoms with E-state index in [1.807, 2.05) is 18.2 Å². The Balaban J connectivity index is 1.97. The third-order valence-corrected chi connectivity index (χ3v) is 4.26. The van der Waals surface area contributed by atoms with Crippen LogP contribution in [-0.2, 0) is 0 Å². The van der Waals surface area contributed by atoms with Gasteiger partial charge in [-0.25, -0.2) is 4.98 Å². The van der Waals surface area contributed by atoms with E-state index in [4.69, 9.17) is 9.72 Å². The summed E-state index contributed by atoms with van der Waals surface area (Å²) < 4.78 is 5.37. The highest BCUT2D eigenvalue weighted by molar-refractivity contribution is 5.96. The third kappa shape index (κ3) is 4.28. The van der Waals surface area contributed by atoms with Crippen LogP contribution in [0.15, 0.2) is 54.6 Å². The van der Waals surface area contributed by atoms with Crippen molar-refractivity contribution in [2.45, 2.75) is 6.42 Å². The van der Waals surface area contributed by atoms with Crippen LogP contribution in [0.2, 0.25) is 0 Å². The average molecular weight is 336 g/mol. The van der Waals surface area contributed by atoms with Gasteiger partial charge in [0.15, 0.2) is 0 Å². The molecule has 3 aromatic rings. The Morgan fingerprint density at radius 1 is 1.04 bits per heavy atom. The summed E-state index contributed by atoms with van der Waals surface area (Å²) in [6.45, 7) is 2.06. The maximum Gasteiger partial charge on any atom is 0.127 e. The molecule has 2 N–H and O–H groups in total. The minimum Gasteiger partial charge on any atom is -0.497 e. The first-order valence-corrected chi connectivity index (χ1v) is 8.74. The number of nitrogens with one attached hydrogen (secondary N) is 2. The lowest BCUT2D eigenvalue weighted by Gasteiger charge is -2.13. The molecule has 0 aliphatic carbocycles. The fourth-order valence-electron chi connectivity index (χ4n) is 2.94. The van der Waals surface area contributed by atoms with Crippen molar-refractivity contribution in [3.05, 3.63) is 54.6 Å². The Hall–Kier alpha value is -2.59. The number of benzene rings is 2. The first-order chi connectivity index (χ1) is 12.2. The molecule has 0 aliphatic rings. The number of nitrogens with zero attached hydrogens (tertiary/aromatic N) is 1. The molecule has 0 saturated carbocycles. The lowest BCUT2D eigenvalue weighted by Crippen LogP contribution is -3.05. The van der Waals surface area contributed by atoms with E-state index in [1.54, 1.807) is 7.11 Å². The number of hydrogen-bond donors (Lipinski definition) is 2. The monoisotopic (exact) mass is 336 g/mol. The molecule has 130 valence electrons. The van der Waals surface area contributed by atoms with Crippen LogP contribution < -0.4 is 15.0 Å². The Kier molecular flexibility index (Phi) is 5.51. The SMILES string of the molecule is COc1ccc2c(-c3ccccc3)cc(NCCC[NH+](C)C)nc2c1. The minimum absolute atomic E-state index is 0.826. The van der Waals surface area contributed by atoms with Crippen LogP contribution >= 0.6 is 0 Å². The molecule has 0 saturated heterocycles. The smallest absolute Gasteiger partial charge is 0.127 e. The molecule has 0 bridgehead atoms. The van der Waals surface area contributed by atoms with Crippen LogP contribution in [0.5, 0.6) is 5.75 Å². The van der Waals surface area contributed by atoms with E-state index >= 15 is 0 Å². The van der Waals surface area contributed by atoms with Gasteiger partial charge >= 0.3 is 0 Å². The summed E-state index contributed by atoms with van der Waals surface area (Å²) in [5.74, 6) is 1.74. The zero-order chi connectivity index (χ0) is 17.6. The molecule has 0 amide bonds. The second-order valence-corrected chi connectivity index (χ2v) is 6.54. The van der Waals surface area contributed by atoms with Crippen LogP contribution in [-0.4, -0.2) is 39.3 Å². The highest BCUT2D eigenvalue weighted by atomic mass is 16.5. The number of aromatic nitrogens is 1. The van der Waals surface area contributed by atoms with Crippen molar-refractivity contribution in [2.75, 3.05) is 39.6 Å². The average Bonchev–Trinajstić information content (AvgIpc) is 2.64.